The van der Waals surface area contributed by atoms with Gasteiger partial charge in [-0.1, -0.05) is 0 Å². The summed E-state index contributed by atoms with van der Waals surface area (Å²) in [6, 6.07) is 2.03. The van der Waals surface area contributed by atoms with Gasteiger partial charge in [0.25, 0.3) is 5.91 Å². The van der Waals surface area contributed by atoms with Crippen molar-refractivity contribution < 1.29 is 28.7 Å². The van der Waals surface area contributed by atoms with Crippen LogP contribution < -0.4 is 5.32 Å². The summed E-state index contributed by atoms with van der Waals surface area (Å²) in [5, 5.41) is 2.21. The SMILES string of the molecule is COC(=O)c1cc2c(cc1C=O)C(=O)N(C1CCC(=O)NC1=O)C2. The zero-order chi connectivity index (χ0) is 17.4. The number of nitrogens with zero attached hydrogens (tertiary/aromatic N) is 1. The first-order valence-electron chi connectivity index (χ1n) is 7.31. The molecule has 8 nitrogen and oxygen atoms in total. The normalized spacial score (nSPS) is 19.8. The summed E-state index contributed by atoms with van der Waals surface area (Å²) in [5.41, 5.74) is 0.938. The Hall–Kier alpha value is -3.03. The minimum Gasteiger partial charge on any atom is -0.465 e. The average molecular weight is 330 g/mol. The number of piperidine rings is 1. The lowest BCUT2D eigenvalue weighted by molar-refractivity contribution is -0.136. The van der Waals surface area contributed by atoms with Crippen LogP contribution in [0.1, 0.15) is 49.5 Å². The molecule has 0 aliphatic carbocycles. The molecular formula is C16H14N2O6. The number of carbonyl (C=O) groups excluding carboxylic acids is 5. The minimum absolute atomic E-state index is 0.0547. The number of carbonyl (C=O) groups is 5. The van der Waals surface area contributed by atoms with E-state index in [0.29, 0.717) is 11.8 Å². The van der Waals surface area contributed by atoms with Crippen LogP contribution in [-0.4, -0.2) is 48.0 Å². The second kappa shape index (κ2) is 5.88. The highest BCUT2D eigenvalue weighted by Crippen LogP contribution is 2.29. The zero-order valence-corrected chi connectivity index (χ0v) is 12.8. The Bertz CT molecular complexity index is 785. The summed E-state index contributed by atoms with van der Waals surface area (Å²) in [6.07, 6.45) is 0.882. The highest BCUT2D eigenvalue weighted by molar-refractivity contribution is 6.07. The molecule has 1 aromatic rings. The molecule has 3 rings (SSSR count). The van der Waals surface area contributed by atoms with Crippen LogP contribution in [0.5, 0.6) is 0 Å². The monoisotopic (exact) mass is 330 g/mol. The molecule has 0 aromatic heterocycles. The van der Waals surface area contributed by atoms with Gasteiger partial charge in [0.15, 0.2) is 6.29 Å². The highest BCUT2D eigenvalue weighted by Gasteiger charge is 2.39. The topological polar surface area (TPSA) is 110 Å². The second-order valence-corrected chi connectivity index (χ2v) is 5.61. The van der Waals surface area contributed by atoms with E-state index in [4.69, 9.17) is 0 Å². The maximum Gasteiger partial charge on any atom is 0.338 e. The van der Waals surface area contributed by atoms with E-state index in [2.05, 4.69) is 10.1 Å². The van der Waals surface area contributed by atoms with Crippen LogP contribution in [0.25, 0.3) is 0 Å². The van der Waals surface area contributed by atoms with Crippen molar-refractivity contribution in [2.24, 2.45) is 0 Å². The molecule has 1 aromatic carbocycles. The molecule has 0 bridgehead atoms. The fraction of sp³-hybridized carbons (Fsp3) is 0.312. The number of fused-ring (bicyclic) bond motifs is 1. The van der Waals surface area contributed by atoms with Crippen LogP contribution in [-0.2, 0) is 20.9 Å². The smallest absolute Gasteiger partial charge is 0.338 e. The van der Waals surface area contributed by atoms with Gasteiger partial charge in [-0.05, 0) is 24.1 Å². The molecule has 1 fully saturated rings. The molecule has 124 valence electrons. The Morgan fingerprint density at radius 2 is 2.08 bits per heavy atom. The number of rotatable bonds is 3. The summed E-state index contributed by atoms with van der Waals surface area (Å²) in [5.74, 6) is -1.96. The molecule has 1 atom stereocenters. The van der Waals surface area contributed by atoms with Gasteiger partial charge >= 0.3 is 5.97 Å². The first-order valence-corrected chi connectivity index (χ1v) is 7.31. The molecule has 1 unspecified atom stereocenters. The van der Waals surface area contributed by atoms with Crippen molar-refractivity contribution in [1.82, 2.24) is 10.2 Å². The van der Waals surface area contributed by atoms with E-state index < -0.39 is 23.8 Å². The molecule has 0 spiro atoms. The Labute approximate surface area is 136 Å². The number of ether oxygens (including phenoxy) is 1. The predicted molar refractivity (Wildman–Crippen MR) is 79.2 cm³/mol. The zero-order valence-electron chi connectivity index (χ0n) is 12.8. The molecule has 3 amide bonds. The van der Waals surface area contributed by atoms with E-state index in [9.17, 15) is 24.0 Å². The lowest BCUT2D eigenvalue weighted by atomic mass is 10.0. The summed E-state index contributed by atoms with van der Waals surface area (Å²) < 4.78 is 4.64. The van der Waals surface area contributed by atoms with E-state index in [1.807, 2.05) is 0 Å². The Balaban J connectivity index is 1.95. The first-order chi connectivity index (χ1) is 11.5. The van der Waals surface area contributed by atoms with Gasteiger partial charge in [-0.3, -0.25) is 24.5 Å². The third kappa shape index (κ3) is 2.45. The van der Waals surface area contributed by atoms with E-state index in [1.165, 1.54) is 24.1 Å². The van der Waals surface area contributed by atoms with Crippen LogP contribution in [0.3, 0.4) is 0 Å². The van der Waals surface area contributed by atoms with Crippen molar-refractivity contribution >= 4 is 30.0 Å². The number of imide groups is 1. The van der Waals surface area contributed by atoms with Gasteiger partial charge < -0.3 is 9.64 Å². The number of benzene rings is 1. The van der Waals surface area contributed by atoms with Gasteiger partial charge in [0, 0.05) is 24.1 Å². The molecule has 1 N–H and O–H groups in total. The highest BCUT2D eigenvalue weighted by atomic mass is 16.5. The number of hydrogen-bond donors (Lipinski definition) is 1. The van der Waals surface area contributed by atoms with Crippen molar-refractivity contribution in [3.05, 3.63) is 34.4 Å². The van der Waals surface area contributed by atoms with Gasteiger partial charge in [0.05, 0.1) is 12.7 Å². The first kappa shape index (κ1) is 15.9. The predicted octanol–water partition coefficient (Wildman–Crippen LogP) is 0.0467. The summed E-state index contributed by atoms with van der Waals surface area (Å²) >= 11 is 0. The van der Waals surface area contributed by atoms with Gasteiger partial charge in [-0.15, -0.1) is 0 Å². The molecule has 2 aliphatic heterocycles. The van der Waals surface area contributed by atoms with Crippen LogP contribution >= 0.6 is 0 Å². The molecule has 24 heavy (non-hydrogen) atoms. The van der Waals surface area contributed by atoms with Crippen molar-refractivity contribution in [1.29, 1.82) is 0 Å². The number of aldehydes is 1. The standard InChI is InChI=1S/C16H14N2O6/c1-24-16(23)11-4-8-6-18(12-2-3-13(20)17-14(12)21)15(22)10(8)5-9(11)7-19/h4-5,7,12H,2-3,6H2,1H3,(H,17,20,21). The summed E-state index contributed by atoms with van der Waals surface area (Å²) in [4.78, 5) is 60.1. The maximum absolute atomic E-state index is 12.6. The summed E-state index contributed by atoms with van der Waals surface area (Å²) in [7, 11) is 1.20. The fourth-order valence-corrected chi connectivity index (χ4v) is 3.02. The molecule has 0 saturated carbocycles. The quantitative estimate of drug-likeness (QED) is 0.476. The van der Waals surface area contributed by atoms with E-state index in [0.717, 1.165) is 0 Å². The minimum atomic E-state index is -0.746. The number of methoxy groups -OCH3 is 1. The number of esters is 1. The van der Waals surface area contributed by atoms with Crippen LogP contribution in [0.2, 0.25) is 0 Å². The molecule has 1 saturated heterocycles. The average Bonchev–Trinajstić information content (AvgIpc) is 2.89. The molecule has 8 heteroatoms. The van der Waals surface area contributed by atoms with Crippen molar-refractivity contribution in [3.63, 3.8) is 0 Å². The third-order valence-corrected chi connectivity index (χ3v) is 4.23. The van der Waals surface area contributed by atoms with Crippen molar-refractivity contribution in [3.8, 4) is 0 Å². The van der Waals surface area contributed by atoms with Gasteiger partial charge in [0.1, 0.15) is 6.04 Å². The number of hydrogen-bond acceptors (Lipinski definition) is 6. The Morgan fingerprint density at radius 1 is 1.33 bits per heavy atom. The van der Waals surface area contributed by atoms with E-state index >= 15 is 0 Å². The lowest BCUT2D eigenvalue weighted by Crippen LogP contribution is -2.52. The fourth-order valence-electron chi connectivity index (χ4n) is 3.02. The van der Waals surface area contributed by atoms with Crippen LogP contribution in [0.15, 0.2) is 12.1 Å². The van der Waals surface area contributed by atoms with Gasteiger partial charge in [-0.25, -0.2) is 4.79 Å². The molecular weight excluding hydrogens is 316 g/mol. The van der Waals surface area contributed by atoms with E-state index in [-0.39, 0.29) is 42.0 Å². The van der Waals surface area contributed by atoms with E-state index in [1.54, 1.807) is 0 Å². The van der Waals surface area contributed by atoms with Gasteiger partial charge in [-0.2, -0.15) is 0 Å². The molecule has 2 aliphatic rings. The Kier molecular flexibility index (Phi) is 3.88. The Morgan fingerprint density at radius 3 is 2.71 bits per heavy atom. The van der Waals surface area contributed by atoms with Crippen LogP contribution in [0, 0.1) is 0 Å². The van der Waals surface area contributed by atoms with Crippen molar-refractivity contribution in [2.75, 3.05) is 7.11 Å². The maximum atomic E-state index is 12.6. The summed E-state index contributed by atoms with van der Waals surface area (Å²) in [6.45, 7) is 0.129. The molecule has 0 radical (unpaired) electrons. The van der Waals surface area contributed by atoms with Crippen LogP contribution in [0.4, 0.5) is 0 Å². The lowest BCUT2D eigenvalue weighted by Gasteiger charge is -2.29. The van der Waals surface area contributed by atoms with Crippen molar-refractivity contribution in [2.45, 2.75) is 25.4 Å². The third-order valence-electron chi connectivity index (χ3n) is 4.23. The number of nitrogens with one attached hydrogen (secondary N) is 1. The second-order valence-electron chi connectivity index (χ2n) is 5.61. The number of amides is 3. The largest absolute Gasteiger partial charge is 0.465 e. The van der Waals surface area contributed by atoms with Gasteiger partial charge in [0.2, 0.25) is 11.8 Å². The molecule has 2 heterocycles.